The van der Waals surface area contributed by atoms with Crippen LogP contribution in [0.5, 0.6) is 0 Å². The molecule has 0 fully saturated rings. The van der Waals surface area contributed by atoms with Gasteiger partial charge in [0.15, 0.2) is 5.76 Å². The van der Waals surface area contributed by atoms with E-state index in [4.69, 9.17) is 4.42 Å². The van der Waals surface area contributed by atoms with Crippen molar-refractivity contribution in [2.45, 2.75) is 18.3 Å². The van der Waals surface area contributed by atoms with Crippen LogP contribution >= 0.6 is 0 Å². The second-order valence-electron chi connectivity index (χ2n) is 7.13. The highest BCUT2D eigenvalue weighted by molar-refractivity contribution is 6.16. The van der Waals surface area contributed by atoms with Gasteiger partial charge in [0.25, 0.3) is 11.8 Å². The van der Waals surface area contributed by atoms with Gasteiger partial charge in [0, 0.05) is 12.1 Å². The molecular formula is C23H18F3N3O3. The van der Waals surface area contributed by atoms with Crippen molar-refractivity contribution >= 4 is 17.6 Å². The minimum Gasteiger partial charge on any atom is -0.459 e. The van der Waals surface area contributed by atoms with E-state index in [-0.39, 0.29) is 18.1 Å². The molecule has 1 atom stereocenters. The Morgan fingerprint density at radius 1 is 1.00 bits per heavy atom. The molecule has 2 amide bonds. The van der Waals surface area contributed by atoms with Crippen LogP contribution < -0.4 is 5.32 Å². The Hall–Kier alpha value is -3.88. The maximum atomic E-state index is 14.3. The van der Waals surface area contributed by atoms with Crippen molar-refractivity contribution in [2.75, 3.05) is 6.54 Å². The van der Waals surface area contributed by atoms with Crippen molar-refractivity contribution in [3.05, 3.63) is 95.9 Å². The lowest BCUT2D eigenvalue weighted by molar-refractivity contribution is -0.196. The number of nitrogens with zero attached hydrogens (tertiary/aromatic N) is 2. The molecule has 0 saturated heterocycles. The van der Waals surface area contributed by atoms with Crippen molar-refractivity contribution in [2.24, 2.45) is 4.99 Å². The highest BCUT2D eigenvalue weighted by Gasteiger charge is 2.67. The van der Waals surface area contributed by atoms with E-state index >= 15 is 0 Å². The molecule has 164 valence electrons. The SMILES string of the molecule is O=C(N[C@]1(C(F)(F)F)N=C(c2ccccc2)N(CCc2ccccc2)C1=O)c1ccco1. The van der Waals surface area contributed by atoms with Gasteiger partial charge in [-0.2, -0.15) is 13.2 Å². The van der Waals surface area contributed by atoms with E-state index in [2.05, 4.69) is 4.99 Å². The molecule has 0 spiro atoms. The number of amides is 2. The fourth-order valence-corrected chi connectivity index (χ4v) is 3.43. The Balaban J connectivity index is 1.74. The minimum absolute atomic E-state index is 0.0506. The van der Waals surface area contributed by atoms with Crippen molar-refractivity contribution < 1.29 is 27.2 Å². The number of hydrogen-bond acceptors (Lipinski definition) is 4. The van der Waals surface area contributed by atoms with E-state index < -0.39 is 23.7 Å². The number of hydrogen-bond donors (Lipinski definition) is 1. The third-order valence-corrected chi connectivity index (χ3v) is 5.03. The molecule has 1 aliphatic rings. The Labute approximate surface area is 181 Å². The first-order chi connectivity index (χ1) is 15.3. The van der Waals surface area contributed by atoms with Crippen LogP contribution in [0.15, 0.2) is 88.5 Å². The molecule has 0 aliphatic carbocycles. The summed E-state index contributed by atoms with van der Waals surface area (Å²) in [6.45, 7) is -0.0506. The molecule has 1 aromatic heterocycles. The number of nitrogens with one attached hydrogen (secondary N) is 1. The van der Waals surface area contributed by atoms with E-state index in [9.17, 15) is 22.8 Å². The largest absolute Gasteiger partial charge is 0.459 e. The van der Waals surface area contributed by atoms with Crippen LogP contribution in [-0.4, -0.2) is 40.9 Å². The molecular weight excluding hydrogens is 423 g/mol. The van der Waals surface area contributed by atoms with Crippen LogP contribution in [-0.2, 0) is 11.2 Å². The first-order valence-corrected chi connectivity index (χ1v) is 9.76. The first-order valence-electron chi connectivity index (χ1n) is 9.76. The van der Waals surface area contributed by atoms with Crippen LogP contribution in [0, 0.1) is 0 Å². The van der Waals surface area contributed by atoms with Gasteiger partial charge in [-0.3, -0.25) is 14.5 Å². The van der Waals surface area contributed by atoms with Crippen molar-refractivity contribution in [3.8, 4) is 0 Å². The van der Waals surface area contributed by atoms with Crippen molar-refractivity contribution in [1.82, 2.24) is 10.2 Å². The molecule has 0 saturated carbocycles. The number of amidine groups is 1. The first kappa shape index (κ1) is 21.4. The standard InChI is InChI=1S/C23H18F3N3O3/c24-23(25,26)22(28-20(30)18-12-7-15-32-18)21(31)29(14-13-16-8-3-1-4-9-16)19(27-22)17-10-5-2-6-11-17/h1-12,15H,13-14H2,(H,28,30)/t22-/m1/s1. The number of carbonyl (C=O) groups excluding carboxylic acids is 2. The number of aliphatic imine (C=N–C) groups is 1. The van der Waals surface area contributed by atoms with Crippen LogP contribution in [0.2, 0.25) is 0 Å². The van der Waals surface area contributed by atoms with Gasteiger partial charge in [0.1, 0.15) is 5.84 Å². The fourth-order valence-electron chi connectivity index (χ4n) is 3.43. The normalized spacial score (nSPS) is 18.5. The average Bonchev–Trinajstić information content (AvgIpc) is 3.41. The van der Waals surface area contributed by atoms with E-state index in [1.54, 1.807) is 47.8 Å². The molecule has 4 rings (SSSR count). The minimum atomic E-state index is -5.19. The summed E-state index contributed by atoms with van der Waals surface area (Å²) in [5, 5.41) is 1.78. The van der Waals surface area contributed by atoms with Gasteiger partial charge in [0.2, 0.25) is 0 Å². The van der Waals surface area contributed by atoms with Crippen LogP contribution in [0.25, 0.3) is 0 Å². The summed E-state index contributed by atoms with van der Waals surface area (Å²) in [5.41, 5.74) is -2.29. The van der Waals surface area contributed by atoms with Crippen LogP contribution in [0.3, 0.4) is 0 Å². The van der Waals surface area contributed by atoms with Crippen molar-refractivity contribution in [1.29, 1.82) is 0 Å². The molecule has 0 unspecified atom stereocenters. The number of benzene rings is 2. The number of furan rings is 1. The monoisotopic (exact) mass is 441 g/mol. The number of alkyl halides is 3. The predicted octanol–water partition coefficient (Wildman–Crippen LogP) is 3.80. The Bertz CT molecular complexity index is 1130. The molecule has 32 heavy (non-hydrogen) atoms. The van der Waals surface area contributed by atoms with Gasteiger partial charge < -0.3 is 9.73 Å². The lowest BCUT2D eigenvalue weighted by atomic mass is 10.1. The van der Waals surface area contributed by atoms with Gasteiger partial charge in [-0.15, -0.1) is 0 Å². The summed E-state index contributed by atoms with van der Waals surface area (Å²) in [6.07, 6.45) is -3.73. The lowest BCUT2D eigenvalue weighted by Crippen LogP contribution is -2.63. The summed E-state index contributed by atoms with van der Waals surface area (Å²) in [7, 11) is 0. The maximum absolute atomic E-state index is 14.3. The zero-order valence-electron chi connectivity index (χ0n) is 16.7. The zero-order valence-corrected chi connectivity index (χ0v) is 16.7. The molecule has 0 bridgehead atoms. The van der Waals surface area contributed by atoms with E-state index in [1.807, 2.05) is 18.2 Å². The van der Waals surface area contributed by atoms with E-state index in [0.717, 1.165) is 16.7 Å². The molecule has 2 heterocycles. The third-order valence-electron chi connectivity index (χ3n) is 5.03. The summed E-state index contributed by atoms with van der Waals surface area (Å²) >= 11 is 0. The molecule has 9 heteroatoms. The van der Waals surface area contributed by atoms with Gasteiger partial charge in [-0.05, 0) is 24.1 Å². The second kappa shape index (κ2) is 8.33. The Kier molecular flexibility index (Phi) is 5.56. The summed E-state index contributed by atoms with van der Waals surface area (Å²) in [4.78, 5) is 30.4. The Morgan fingerprint density at radius 3 is 2.25 bits per heavy atom. The molecule has 3 aromatic rings. The van der Waals surface area contributed by atoms with Gasteiger partial charge in [-0.1, -0.05) is 60.7 Å². The van der Waals surface area contributed by atoms with Gasteiger partial charge >= 0.3 is 11.8 Å². The topological polar surface area (TPSA) is 74.9 Å². The molecule has 0 radical (unpaired) electrons. The van der Waals surface area contributed by atoms with E-state index in [0.29, 0.717) is 12.0 Å². The lowest BCUT2D eigenvalue weighted by Gasteiger charge is -2.28. The number of carbonyl (C=O) groups is 2. The summed E-state index contributed by atoms with van der Waals surface area (Å²) < 4.78 is 47.8. The summed E-state index contributed by atoms with van der Waals surface area (Å²) in [5.74, 6) is -3.09. The third kappa shape index (κ3) is 3.89. The maximum Gasteiger partial charge on any atom is 0.442 e. The number of rotatable bonds is 6. The molecule has 1 N–H and O–H groups in total. The van der Waals surface area contributed by atoms with Crippen LogP contribution in [0.1, 0.15) is 21.7 Å². The smallest absolute Gasteiger partial charge is 0.442 e. The Morgan fingerprint density at radius 2 is 1.66 bits per heavy atom. The second-order valence-corrected chi connectivity index (χ2v) is 7.13. The van der Waals surface area contributed by atoms with Crippen LogP contribution in [0.4, 0.5) is 13.2 Å². The highest BCUT2D eigenvalue weighted by atomic mass is 19.4. The highest BCUT2D eigenvalue weighted by Crippen LogP contribution is 2.38. The zero-order chi connectivity index (χ0) is 22.8. The predicted molar refractivity (Wildman–Crippen MR) is 110 cm³/mol. The van der Waals surface area contributed by atoms with E-state index in [1.165, 1.54) is 12.1 Å². The molecule has 6 nitrogen and oxygen atoms in total. The average molecular weight is 441 g/mol. The fraction of sp³-hybridized carbons (Fsp3) is 0.174. The molecule has 1 aliphatic heterocycles. The quantitative estimate of drug-likeness (QED) is 0.632. The summed E-state index contributed by atoms with van der Waals surface area (Å²) in [6, 6.07) is 19.7. The van der Waals surface area contributed by atoms with Gasteiger partial charge in [-0.25, -0.2) is 4.99 Å². The van der Waals surface area contributed by atoms with Crippen molar-refractivity contribution in [3.63, 3.8) is 0 Å². The van der Waals surface area contributed by atoms with Gasteiger partial charge in [0.05, 0.1) is 6.26 Å². The number of halogens is 3. The molecule has 2 aromatic carbocycles.